The smallest absolute Gasteiger partial charge is 0.240 e. The number of unbranched alkanes of at least 4 members (excludes halogenated alkanes) is 2. The highest BCUT2D eigenvalue weighted by molar-refractivity contribution is 7.89. The summed E-state index contributed by atoms with van der Waals surface area (Å²) in [4.78, 5) is 9.06. The van der Waals surface area contributed by atoms with Crippen LogP contribution in [0.25, 0.3) is 0 Å². The number of hydrogen-bond acceptors (Lipinski definition) is 8. The molecule has 0 saturated carbocycles. The van der Waals surface area contributed by atoms with Gasteiger partial charge < -0.3 is 10.6 Å². The fourth-order valence-corrected chi connectivity index (χ4v) is 5.92. The van der Waals surface area contributed by atoms with Gasteiger partial charge in [-0.25, -0.2) is 26.3 Å². The van der Waals surface area contributed by atoms with Crippen molar-refractivity contribution in [1.82, 2.24) is 20.1 Å². The third kappa shape index (κ3) is 8.39. The van der Waals surface area contributed by atoms with E-state index in [1.54, 1.807) is 48.5 Å². The second kappa shape index (κ2) is 14.1. The minimum Gasteiger partial charge on any atom is -0.368 e. The summed E-state index contributed by atoms with van der Waals surface area (Å²) < 4.78 is 55.2. The van der Waals surface area contributed by atoms with Gasteiger partial charge >= 0.3 is 0 Å². The standard InChI is InChI=1S/C23H30N6O4S2.2ClH/c30-34(31,20-8-4-18(5-9-20)22-24-14-15-25-22)28-12-2-1-3-13-29-35(32,33)21-10-6-19(7-11-21)23-26-16-17-27-23;;/h4-11,28-29H,1-3,12-17H2,(H,24,25)(H,26,27);2*1H. The van der Waals surface area contributed by atoms with Gasteiger partial charge in [0, 0.05) is 37.3 Å². The van der Waals surface area contributed by atoms with Gasteiger partial charge in [-0.15, -0.1) is 24.8 Å². The Balaban J connectivity index is 0.00000241. The molecule has 37 heavy (non-hydrogen) atoms. The number of halogens is 2. The molecule has 0 radical (unpaired) electrons. The first kappa shape index (κ1) is 31.0. The van der Waals surface area contributed by atoms with Gasteiger partial charge in [0.05, 0.1) is 22.9 Å². The van der Waals surface area contributed by atoms with E-state index >= 15 is 0 Å². The van der Waals surface area contributed by atoms with Crippen molar-refractivity contribution in [2.24, 2.45) is 9.98 Å². The highest BCUT2D eigenvalue weighted by atomic mass is 35.5. The molecule has 0 aromatic heterocycles. The lowest BCUT2D eigenvalue weighted by Crippen LogP contribution is -2.26. The molecule has 10 nitrogen and oxygen atoms in total. The predicted octanol–water partition coefficient (Wildman–Crippen LogP) is 1.66. The van der Waals surface area contributed by atoms with Crippen molar-refractivity contribution in [2.75, 3.05) is 39.3 Å². The number of nitrogens with one attached hydrogen (secondary N) is 4. The molecule has 0 fully saturated rings. The minimum absolute atomic E-state index is 0. The van der Waals surface area contributed by atoms with E-state index in [0.717, 1.165) is 49.0 Å². The van der Waals surface area contributed by atoms with Crippen LogP contribution in [-0.2, 0) is 20.0 Å². The molecule has 0 atom stereocenters. The van der Waals surface area contributed by atoms with Crippen LogP contribution >= 0.6 is 24.8 Å². The molecule has 4 N–H and O–H groups in total. The van der Waals surface area contributed by atoms with Crippen LogP contribution in [0.15, 0.2) is 68.3 Å². The van der Waals surface area contributed by atoms with Crippen LogP contribution in [0.2, 0.25) is 0 Å². The fraction of sp³-hybridized carbons (Fsp3) is 0.391. The first-order valence-corrected chi connectivity index (χ1v) is 14.6. The summed E-state index contributed by atoms with van der Waals surface area (Å²) in [6.07, 6.45) is 1.88. The number of nitrogens with zero attached hydrogens (tertiary/aromatic N) is 2. The minimum atomic E-state index is -3.60. The maximum absolute atomic E-state index is 12.5. The number of sulfonamides is 2. The Morgan fingerprint density at radius 3 is 1.32 bits per heavy atom. The Hall–Kier alpha value is -2.22. The van der Waals surface area contributed by atoms with E-state index in [1.807, 2.05) is 0 Å². The van der Waals surface area contributed by atoms with Crippen LogP contribution in [0, 0.1) is 0 Å². The first-order valence-electron chi connectivity index (χ1n) is 11.6. The predicted molar refractivity (Wildman–Crippen MR) is 150 cm³/mol. The van der Waals surface area contributed by atoms with Crippen molar-refractivity contribution in [3.63, 3.8) is 0 Å². The third-order valence-electron chi connectivity index (χ3n) is 5.66. The van der Waals surface area contributed by atoms with Crippen molar-refractivity contribution in [3.8, 4) is 0 Å². The molecule has 0 unspecified atom stereocenters. The van der Waals surface area contributed by atoms with Crippen LogP contribution in [0.4, 0.5) is 0 Å². The highest BCUT2D eigenvalue weighted by Gasteiger charge is 2.16. The lowest BCUT2D eigenvalue weighted by atomic mass is 10.2. The molecule has 4 rings (SSSR count). The van der Waals surface area contributed by atoms with E-state index in [2.05, 4.69) is 30.1 Å². The Bertz CT molecular complexity index is 1200. The molecule has 14 heteroatoms. The normalized spacial score (nSPS) is 15.0. The van der Waals surface area contributed by atoms with Crippen molar-refractivity contribution in [1.29, 1.82) is 0 Å². The third-order valence-corrected chi connectivity index (χ3v) is 8.62. The van der Waals surface area contributed by atoms with E-state index in [9.17, 15) is 16.8 Å². The van der Waals surface area contributed by atoms with Gasteiger partial charge in [0.2, 0.25) is 20.0 Å². The number of hydrogen-bond donors (Lipinski definition) is 4. The average Bonchev–Trinajstić information content (AvgIpc) is 3.58. The zero-order chi connectivity index (χ0) is 24.7. The topological polar surface area (TPSA) is 141 Å². The van der Waals surface area contributed by atoms with E-state index < -0.39 is 20.0 Å². The molecule has 0 saturated heterocycles. The summed E-state index contributed by atoms with van der Waals surface area (Å²) in [5, 5.41) is 6.31. The summed E-state index contributed by atoms with van der Waals surface area (Å²) in [7, 11) is -7.19. The van der Waals surface area contributed by atoms with Crippen molar-refractivity contribution >= 4 is 56.5 Å². The largest absolute Gasteiger partial charge is 0.368 e. The Morgan fingerprint density at radius 2 is 1.00 bits per heavy atom. The summed E-state index contributed by atoms with van der Waals surface area (Å²) in [6.45, 7) is 3.59. The van der Waals surface area contributed by atoms with Crippen molar-refractivity contribution in [3.05, 3.63) is 59.7 Å². The molecule has 0 spiro atoms. The Morgan fingerprint density at radius 1 is 0.622 bits per heavy atom. The molecule has 204 valence electrons. The van der Waals surface area contributed by atoms with Crippen molar-refractivity contribution < 1.29 is 16.8 Å². The van der Waals surface area contributed by atoms with Crippen LogP contribution in [0.5, 0.6) is 0 Å². The van der Waals surface area contributed by atoms with Gasteiger partial charge in [0.15, 0.2) is 0 Å². The molecule has 2 aromatic carbocycles. The molecule has 2 aliphatic rings. The molecule has 2 aromatic rings. The van der Waals surface area contributed by atoms with Gasteiger partial charge in [-0.1, -0.05) is 6.42 Å². The van der Waals surface area contributed by atoms with Crippen LogP contribution in [0.3, 0.4) is 0 Å². The maximum atomic E-state index is 12.5. The van der Waals surface area contributed by atoms with E-state index in [-0.39, 0.29) is 47.7 Å². The summed E-state index contributed by atoms with van der Waals surface area (Å²) >= 11 is 0. The molecular formula is C23H32Cl2N6O4S2. The molecular weight excluding hydrogens is 559 g/mol. The highest BCUT2D eigenvalue weighted by Crippen LogP contribution is 2.13. The lowest BCUT2D eigenvalue weighted by molar-refractivity contribution is 0.568. The number of rotatable bonds is 12. The summed E-state index contributed by atoms with van der Waals surface area (Å²) in [5.74, 6) is 1.57. The number of aliphatic imine (C=N–C) groups is 2. The quantitative estimate of drug-likeness (QED) is 0.277. The molecule has 2 heterocycles. The lowest BCUT2D eigenvalue weighted by Gasteiger charge is -2.09. The summed E-state index contributed by atoms with van der Waals surface area (Å²) in [5.41, 5.74) is 1.72. The van der Waals surface area contributed by atoms with Crippen molar-refractivity contribution in [2.45, 2.75) is 29.1 Å². The van der Waals surface area contributed by atoms with Crippen LogP contribution in [0.1, 0.15) is 30.4 Å². The van der Waals surface area contributed by atoms with Gasteiger partial charge in [0.25, 0.3) is 0 Å². The molecule has 0 bridgehead atoms. The number of benzene rings is 2. The first-order chi connectivity index (χ1) is 16.9. The Kier molecular flexibility index (Phi) is 11.8. The van der Waals surface area contributed by atoms with Crippen LogP contribution in [-0.4, -0.2) is 67.8 Å². The van der Waals surface area contributed by atoms with E-state index in [4.69, 9.17) is 0 Å². The van der Waals surface area contributed by atoms with Gasteiger partial charge in [-0.3, -0.25) is 9.98 Å². The maximum Gasteiger partial charge on any atom is 0.240 e. The molecule has 2 aliphatic heterocycles. The SMILES string of the molecule is Cl.Cl.O=S(=O)(NCCCCCNS(=O)(=O)c1ccc(C2=NCCN2)cc1)c1ccc(C2=NCCN2)cc1. The number of amidine groups is 2. The monoisotopic (exact) mass is 590 g/mol. The van der Waals surface area contributed by atoms with E-state index in [0.29, 0.717) is 19.3 Å². The Labute approximate surface area is 230 Å². The van der Waals surface area contributed by atoms with E-state index in [1.165, 1.54) is 0 Å². The summed E-state index contributed by atoms with van der Waals surface area (Å²) in [6, 6.07) is 13.2. The molecule has 0 aliphatic carbocycles. The zero-order valence-corrected chi connectivity index (χ0v) is 23.4. The van der Waals surface area contributed by atoms with Gasteiger partial charge in [0.1, 0.15) is 11.7 Å². The van der Waals surface area contributed by atoms with Gasteiger partial charge in [-0.2, -0.15) is 0 Å². The second-order valence-electron chi connectivity index (χ2n) is 8.22. The fourth-order valence-electron chi connectivity index (χ4n) is 3.77. The zero-order valence-electron chi connectivity index (χ0n) is 20.1. The van der Waals surface area contributed by atoms with Crippen LogP contribution < -0.4 is 20.1 Å². The molecule has 0 amide bonds. The van der Waals surface area contributed by atoms with Gasteiger partial charge in [-0.05, 0) is 61.4 Å². The second-order valence-corrected chi connectivity index (χ2v) is 11.8. The average molecular weight is 592 g/mol.